The van der Waals surface area contributed by atoms with Crippen LogP contribution in [0.15, 0.2) is 158 Å². The number of nitrogens with zero attached hydrogens (tertiary/aromatic N) is 2. The van der Waals surface area contributed by atoms with Crippen LogP contribution < -0.4 is 36.7 Å². The first kappa shape index (κ1) is 33.7. The smallest absolute Gasteiger partial charge is 0.250 e. The van der Waals surface area contributed by atoms with Crippen LogP contribution in [0, 0.1) is 0 Å². The van der Waals surface area contributed by atoms with E-state index in [9.17, 15) is 0 Å². The summed E-state index contributed by atoms with van der Waals surface area (Å²) < 4.78 is 12.6. The molecule has 2 aromatic heterocycles. The first-order valence-electron chi connectivity index (χ1n) is 21.6. The summed E-state index contributed by atoms with van der Waals surface area (Å²) in [6.07, 6.45) is 8.17. The van der Waals surface area contributed by atoms with Crippen molar-refractivity contribution in [2.45, 2.75) is 51.5 Å². The van der Waals surface area contributed by atoms with Gasteiger partial charge in [-0.15, -0.1) is 0 Å². The minimum absolute atomic E-state index is 0.0391. The van der Waals surface area contributed by atoms with Crippen LogP contribution in [0.1, 0.15) is 41.8 Å². The van der Waals surface area contributed by atoms with Gasteiger partial charge >= 0.3 is 0 Å². The normalized spacial score (nSPS) is 17.3. The van der Waals surface area contributed by atoms with Crippen molar-refractivity contribution in [3.8, 4) is 34.0 Å². The molecule has 1 atom stereocenters. The van der Waals surface area contributed by atoms with Crippen LogP contribution in [0.25, 0.3) is 44.3 Å². The van der Waals surface area contributed by atoms with Gasteiger partial charge in [-0.3, -0.25) is 0 Å². The summed E-state index contributed by atoms with van der Waals surface area (Å²) in [7, 11) is -2.60. The summed E-state index contributed by atoms with van der Waals surface area (Å²) in [5, 5.41) is 7.18. The lowest BCUT2D eigenvalue weighted by Gasteiger charge is -2.43. The van der Waals surface area contributed by atoms with Gasteiger partial charge in [-0.2, -0.15) is 0 Å². The van der Waals surface area contributed by atoms with Crippen LogP contribution in [0.4, 0.5) is 0 Å². The van der Waals surface area contributed by atoms with Crippen molar-refractivity contribution in [1.82, 2.24) is 9.13 Å². The molecule has 9 aromatic rings. The molecule has 0 fully saturated rings. The summed E-state index contributed by atoms with van der Waals surface area (Å²) in [4.78, 5) is 0. The molecule has 2 aliphatic carbocycles. The topological polar surface area (TPSA) is 19.1 Å². The predicted octanol–water partition coefficient (Wildman–Crippen LogP) is 8.64. The highest BCUT2D eigenvalue weighted by atomic mass is 28.3. The second kappa shape index (κ2) is 12.6. The van der Waals surface area contributed by atoms with Crippen molar-refractivity contribution in [3.05, 3.63) is 180 Å². The number of fused-ring (bicyclic) bond motifs is 10. The average molecular weight is 775 g/mol. The Morgan fingerprint density at radius 3 is 1.88 bits per heavy atom. The fraction of sp³-hybridized carbons (Fsp3) is 0.148. The Hall–Kier alpha value is -6.30. The molecule has 5 heteroatoms. The molecule has 0 radical (unpaired) electrons. The third-order valence-electron chi connectivity index (χ3n) is 14.5. The second-order valence-corrected chi connectivity index (χ2v) is 21.3. The Kier molecular flexibility index (Phi) is 7.19. The molecule has 0 N–H and O–H groups in total. The van der Waals surface area contributed by atoms with E-state index in [1.165, 1.54) is 118 Å². The number of aryl methyl sites for hydroxylation is 2. The van der Waals surface area contributed by atoms with Gasteiger partial charge in [0.15, 0.2) is 0 Å². The van der Waals surface area contributed by atoms with Gasteiger partial charge in [-0.05, 0) is 113 Å². The number of hydrogen-bond donors (Lipinski definition) is 0. The second-order valence-electron chi connectivity index (χ2n) is 17.4. The average Bonchev–Trinajstić information content (AvgIpc) is 3.99. The number of aromatic nitrogens is 2. The maximum atomic E-state index is 7.44. The number of rotatable bonds is 4. The van der Waals surface area contributed by atoms with Crippen LogP contribution >= 0.6 is 0 Å². The molecule has 0 bridgehead atoms. The largest absolute Gasteiger partial charge is 0.458 e. The minimum atomic E-state index is -2.60. The molecular weight excluding hydrogens is 732 g/mol. The zero-order valence-corrected chi connectivity index (χ0v) is 34.3. The Labute approximate surface area is 346 Å². The molecule has 282 valence electrons. The number of benzene rings is 7. The summed E-state index contributed by atoms with van der Waals surface area (Å²) in [5.41, 5.74) is 17.5. The number of hydrogen-bond acceptors (Lipinski definition) is 1. The van der Waals surface area contributed by atoms with Gasteiger partial charge in [0.05, 0.1) is 11.0 Å². The van der Waals surface area contributed by atoms with E-state index in [2.05, 4.69) is 173 Å². The van der Waals surface area contributed by atoms with Crippen molar-refractivity contribution in [3.63, 3.8) is 0 Å². The molecular formula is C54H43BN2OSi. The van der Waals surface area contributed by atoms with Gasteiger partial charge in [0.1, 0.15) is 19.6 Å². The third-order valence-corrected chi connectivity index (χ3v) is 19.0. The first-order valence-corrected chi connectivity index (χ1v) is 24.1. The molecule has 59 heavy (non-hydrogen) atoms. The molecule has 2 aliphatic heterocycles. The highest BCUT2D eigenvalue weighted by Gasteiger charge is 2.49. The van der Waals surface area contributed by atoms with E-state index in [-0.39, 0.29) is 6.71 Å². The zero-order valence-electron chi connectivity index (χ0n) is 33.3. The predicted molar refractivity (Wildman–Crippen MR) is 249 cm³/mol. The Morgan fingerprint density at radius 2 is 1.12 bits per heavy atom. The molecule has 0 amide bonds. The SMILES string of the molecule is C[Si]1(c2ccccc2)c2ccc(-c3ccccc3)cc2B2c3ccc(-n4c5c(c6ccccc64)CCC5)cc3Oc3cc(-n4c5c(c6ccccc64)CCCC5)cc1c32. The van der Waals surface area contributed by atoms with Gasteiger partial charge < -0.3 is 13.9 Å². The maximum Gasteiger partial charge on any atom is 0.250 e. The van der Waals surface area contributed by atoms with Crippen LogP contribution in [-0.2, 0) is 25.7 Å². The standard InChI is InChI=1S/C54H43BN2OSi/c1-59(39-17-6-3-7-18-39)52-30-27-36(35-15-4-2-5-16-35)31-45(52)55-44-29-28-37(56-46-23-11-8-21-42(46)43-22-14-26-49(43)56)32-50(44)58-51-33-38(34-53(59)54(51)55)57-47-24-12-9-19-40(47)41-20-10-13-25-48(41)57/h2-9,11-12,15-19,21,23-24,27-34H,10,13-14,20,22,25-26H2,1H3. The highest BCUT2D eigenvalue weighted by molar-refractivity contribution is 7.20. The molecule has 13 rings (SSSR count). The fourth-order valence-corrected chi connectivity index (χ4v) is 16.1. The van der Waals surface area contributed by atoms with Crippen LogP contribution in [0.5, 0.6) is 11.5 Å². The molecule has 4 aliphatic rings. The van der Waals surface area contributed by atoms with E-state index in [4.69, 9.17) is 4.74 Å². The highest BCUT2D eigenvalue weighted by Crippen LogP contribution is 2.39. The molecule has 0 spiro atoms. The quantitative estimate of drug-likeness (QED) is 0.164. The monoisotopic (exact) mass is 774 g/mol. The fourth-order valence-electron chi connectivity index (χ4n) is 11.8. The Balaban J connectivity index is 1.11. The third kappa shape index (κ3) is 4.71. The summed E-state index contributed by atoms with van der Waals surface area (Å²) >= 11 is 0. The van der Waals surface area contributed by atoms with E-state index in [0.29, 0.717) is 0 Å². The van der Waals surface area contributed by atoms with Crippen molar-refractivity contribution in [2.24, 2.45) is 0 Å². The van der Waals surface area contributed by atoms with Gasteiger partial charge in [-0.1, -0.05) is 139 Å². The lowest BCUT2D eigenvalue weighted by atomic mass is 9.35. The Morgan fingerprint density at radius 1 is 0.492 bits per heavy atom. The van der Waals surface area contributed by atoms with Crippen LogP contribution in [0.3, 0.4) is 0 Å². The lowest BCUT2D eigenvalue weighted by molar-refractivity contribution is 0.487. The number of ether oxygens (including phenoxy) is 1. The molecule has 4 heterocycles. The molecule has 0 saturated heterocycles. The van der Waals surface area contributed by atoms with Crippen molar-refractivity contribution < 1.29 is 4.74 Å². The van der Waals surface area contributed by atoms with Crippen LogP contribution in [0.2, 0.25) is 6.55 Å². The summed E-state index contributed by atoms with van der Waals surface area (Å²) in [5.74, 6) is 1.97. The van der Waals surface area contributed by atoms with E-state index in [0.717, 1.165) is 37.2 Å². The van der Waals surface area contributed by atoms with Crippen molar-refractivity contribution in [2.75, 3.05) is 0 Å². The van der Waals surface area contributed by atoms with Gasteiger partial charge in [0.25, 0.3) is 6.71 Å². The maximum absolute atomic E-state index is 7.44. The van der Waals surface area contributed by atoms with Crippen molar-refractivity contribution >= 4 is 68.5 Å². The van der Waals surface area contributed by atoms with E-state index in [1.54, 1.807) is 0 Å². The van der Waals surface area contributed by atoms with Crippen molar-refractivity contribution in [1.29, 1.82) is 0 Å². The zero-order chi connectivity index (χ0) is 38.8. The molecule has 0 saturated carbocycles. The van der Waals surface area contributed by atoms with Gasteiger partial charge in [0.2, 0.25) is 0 Å². The molecule has 7 aromatic carbocycles. The summed E-state index contributed by atoms with van der Waals surface area (Å²) in [6, 6.07) is 59.9. The molecule has 3 nitrogen and oxygen atoms in total. The van der Waals surface area contributed by atoms with Gasteiger partial charge in [0, 0.05) is 45.7 Å². The van der Waals surface area contributed by atoms with Gasteiger partial charge in [-0.25, -0.2) is 0 Å². The first-order chi connectivity index (χ1) is 29.1. The number of para-hydroxylation sites is 2. The lowest BCUT2D eigenvalue weighted by Crippen LogP contribution is -2.81. The van der Waals surface area contributed by atoms with E-state index >= 15 is 0 Å². The minimum Gasteiger partial charge on any atom is -0.458 e. The van der Waals surface area contributed by atoms with E-state index in [1.807, 2.05) is 0 Å². The summed E-state index contributed by atoms with van der Waals surface area (Å²) in [6.45, 7) is 2.63. The van der Waals surface area contributed by atoms with Crippen LogP contribution in [-0.4, -0.2) is 23.9 Å². The Bertz CT molecular complexity index is 3200. The van der Waals surface area contributed by atoms with E-state index < -0.39 is 8.07 Å². The molecule has 1 unspecified atom stereocenters.